The minimum Gasteiger partial charge on any atom is -0.493 e. The number of aliphatic hydroxyl groups is 1. The summed E-state index contributed by atoms with van der Waals surface area (Å²) in [5, 5.41) is 16.0. The summed E-state index contributed by atoms with van der Waals surface area (Å²) in [5.74, 6) is -2.11. The van der Waals surface area contributed by atoms with E-state index in [4.69, 9.17) is 9.47 Å². The molecule has 0 saturated carbocycles. The maximum Gasteiger partial charge on any atom is 0.269 e. The first-order valence-corrected chi connectivity index (χ1v) is 14.6. The van der Waals surface area contributed by atoms with Crippen LogP contribution in [0.2, 0.25) is 0 Å². The van der Waals surface area contributed by atoms with Gasteiger partial charge in [0.15, 0.2) is 28.8 Å². The third-order valence-electron chi connectivity index (χ3n) is 7.46. The first-order valence-electron chi connectivity index (χ1n) is 13.1. The van der Waals surface area contributed by atoms with E-state index in [-0.39, 0.29) is 46.6 Å². The van der Waals surface area contributed by atoms with Gasteiger partial charge in [0.25, 0.3) is 10.0 Å². The first-order chi connectivity index (χ1) is 20.6. The zero-order chi connectivity index (χ0) is 30.6. The summed E-state index contributed by atoms with van der Waals surface area (Å²) in [5.41, 5.74) is 1.42. The quantitative estimate of drug-likeness (QED) is 0.294. The Labute approximate surface area is 246 Å². The molecule has 0 saturated heterocycles. The number of anilines is 2. The number of aryl methyl sites for hydroxylation is 1. The fourth-order valence-electron chi connectivity index (χ4n) is 5.51. The number of hydrogen-bond acceptors (Lipinski definition) is 9. The van der Waals surface area contributed by atoms with Crippen LogP contribution in [0.3, 0.4) is 0 Å². The number of ether oxygens (including phenoxy) is 2. The molecule has 1 atom stereocenters. The number of aliphatic hydroxyl groups excluding tert-OH is 1. The second-order valence-corrected chi connectivity index (χ2v) is 12.0. The third-order valence-corrected chi connectivity index (χ3v) is 9.19. The number of halogens is 2. The van der Waals surface area contributed by atoms with E-state index in [9.17, 15) is 13.5 Å². The number of fused-ring (bicyclic) bond motifs is 3. The van der Waals surface area contributed by atoms with Gasteiger partial charge in [0.05, 0.1) is 43.4 Å². The van der Waals surface area contributed by atoms with Crippen molar-refractivity contribution in [2.45, 2.75) is 17.5 Å². The van der Waals surface area contributed by atoms with Crippen molar-refractivity contribution in [3.63, 3.8) is 0 Å². The van der Waals surface area contributed by atoms with Crippen LogP contribution in [0, 0.1) is 11.6 Å². The van der Waals surface area contributed by atoms with Crippen molar-refractivity contribution >= 4 is 32.4 Å². The number of hydrogen-bond donors (Lipinski definition) is 1. The molecule has 11 nitrogen and oxygen atoms in total. The summed E-state index contributed by atoms with van der Waals surface area (Å²) in [6.45, 7) is 0.0806. The first kappa shape index (κ1) is 28.4. The monoisotopic (exact) mass is 610 g/mol. The lowest BCUT2D eigenvalue weighted by atomic mass is 10.1. The van der Waals surface area contributed by atoms with E-state index in [1.165, 1.54) is 48.3 Å². The summed E-state index contributed by atoms with van der Waals surface area (Å²) < 4.78 is 71.6. The predicted octanol–water partition coefficient (Wildman–Crippen LogP) is 3.80. The number of rotatable bonds is 7. The molecule has 43 heavy (non-hydrogen) atoms. The highest BCUT2D eigenvalue weighted by molar-refractivity contribution is 7.90. The average Bonchev–Trinajstić information content (AvgIpc) is 3.61. The number of nitrogens with zero attached hydrogens (tertiary/aromatic N) is 6. The summed E-state index contributed by atoms with van der Waals surface area (Å²) in [7, 11) is 1.76. The van der Waals surface area contributed by atoms with Crippen molar-refractivity contribution in [3.05, 3.63) is 89.5 Å². The molecule has 6 rings (SSSR count). The van der Waals surface area contributed by atoms with Gasteiger partial charge in [-0.25, -0.2) is 26.2 Å². The second-order valence-electron chi connectivity index (χ2n) is 10.2. The molecule has 1 aliphatic rings. The lowest BCUT2D eigenvalue weighted by Crippen LogP contribution is -2.41. The van der Waals surface area contributed by atoms with Crippen LogP contribution in [0.25, 0.3) is 11.0 Å². The highest BCUT2D eigenvalue weighted by Crippen LogP contribution is 2.43. The molecular weight excluding hydrogens is 582 g/mol. The SMILES string of the molecule is COc1cc(OC)c(F)c(N2Cc3cnc4c(cc(C(O)c5cnn(C)c5)n4S(=O)(=O)c4ccccc4)c3N(C)C2)c1F. The average molecular weight is 611 g/mol. The molecule has 4 heterocycles. The van der Waals surface area contributed by atoms with Crippen molar-refractivity contribution in [2.75, 3.05) is 37.7 Å². The summed E-state index contributed by atoms with van der Waals surface area (Å²) >= 11 is 0. The van der Waals surface area contributed by atoms with Crippen molar-refractivity contribution < 1.29 is 31.8 Å². The largest absolute Gasteiger partial charge is 0.493 e. The van der Waals surface area contributed by atoms with Crippen LogP contribution >= 0.6 is 0 Å². The van der Waals surface area contributed by atoms with Gasteiger partial charge in [0.2, 0.25) is 0 Å². The molecule has 0 amide bonds. The molecule has 14 heteroatoms. The third kappa shape index (κ3) is 4.53. The highest BCUT2D eigenvalue weighted by Gasteiger charge is 2.34. The van der Waals surface area contributed by atoms with Crippen LogP contribution in [-0.4, -0.2) is 60.2 Å². The van der Waals surface area contributed by atoms with Crippen molar-refractivity contribution in [1.82, 2.24) is 18.7 Å². The molecule has 3 aromatic heterocycles. The van der Waals surface area contributed by atoms with Gasteiger partial charge in [0, 0.05) is 55.6 Å². The van der Waals surface area contributed by atoms with Crippen LogP contribution in [0.4, 0.5) is 20.2 Å². The standard InChI is InChI=1S/C29H28F2N6O5S/c1-34-16-36(27-24(30)22(41-3)11-23(42-4)25(27)31)15-17-12-32-29-20(26(17)34)10-21(28(38)18-13-33-35(2)14-18)37(29)43(39,40)19-8-6-5-7-9-19/h5-14,28,38H,15-16H2,1-4H3. The van der Waals surface area contributed by atoms with Crippen LogP contribution < -0.4 is 19.3 Å². The van der Waals surface area contributed by atoms with E-state index in [0.29, 0.717) is 22.2 Å². The topological polar surface area (TPSA) is 115 Å². The molecule has 5 aromatic rings. The maximum absolute atomic E-state index is 15.4. The van der Waals surface area contributed by atoms with Crippen molar-refractivity contribution in [2.24, 2.45) is 7.05 Å². The van der Waals surface area contributed by atoms with Crippen LogP contribution in [0.5, 0.6) is 11.5 Å². The number of aromatic nitrogens is 4. The van der Waals surface area contributed by atoms with Gasteiger partial charge >= 0.3 is 0 Å². The Balaban J connectivity index is 1.54. The normalized spacial score (nSPS) is 14.2. The fraction of sp³-hybridized carbons (Fsp3) is 0.241. The van der Waals surface area contributed by atoms with E-state index in [1.54, 1.807) is 49.5 Å². The molecular formula is C29H28F2N6O5S. The van der Waals surface area contributed by atoms with Crippen molar-refractivity contribution in [3.8, 4) is 11.5 Å². The molecule has 0 fully saturated rings. The maximum atomic E-state index is 15.4. The molecule has 0 aliphatic carbocycles. The molecule has 224 valence electrons. The molecule has 1 aliphatic heterocycles. The second kappa shape index (κ2) is 10.5. The lowest BCUT2D eigenvalue weighted by molar-refractivity contribution is 0.214. The highest BCUT2D eigenvalue weighted by atomic mass is 32.2. The van der Waals surface area contributed by atoms with Gasteiger partial charge in [0.1, 0.15) is 11.8 Å². The van der Waals surface area contributed by atoms with E-state index >= 15 is 8.78 Å². The molecule has 2 aromatic carbocycles. The van der Waals surface area contributed by atoms with Gasteiger partial charge < -0.3 is 24.4 Å². The van der Waals surface area contributed by atoms with Crippen LogP contribution in [0.1, 0.15) is 22.9 Å². The van der Waals surface area contributed by atoms with Gasteiger partial charge in [-0.05, 0) is 18.2 Å². The van der Waals surface area contributed by atoms with E-state index in [0.717, 1.165) is 10.0 Å². The van der Waals surface area contributed by atoms with E-state index in [2.05, 4.69) is 10.1 Å². The Kier molecular flexibility index (Phi) is 6.97. The summed E-state index contributed by atoms with van der Waals surface area (Å²) in [6.07, 6.45) is 3.18. The fourth-order valence-corrected chi connectivity index (χ4v) is 7.03. The van der Waals surface area contributed by atoms with Crippen LogP contribution in [-0.2, 0) is 23.6 Å². The molecule has 1 unspecified atom stereocenters. The number of benzene rings is 2. The number of pyridine rings is 1. The smallest absolute Gasteiger partial charge is 0.269 e. The summed E-state index contributed by atoms with van der Waals surface area (Å²) in [6, 6.07) is 10.6. The molecule has 0 bridgehead atoms. The van der Waals surface area contributed by atoms with Gasteiger partial charge in [-0.1, -0.05) is 18.2 Å². The van der Waals surface area contributed by atoms with Gasteiger partial charge in [-0.3, -0.25) is 4.68 Å². The molecule has 1 N–H and O–H groups in total. The Hall–Kier alpha value is -4.69. The van der Waals surface area contributed by atoms with Gasteiger partial charge in [-0.15, -0.1) is 0 Å². The van der Waals surface area contributed by atoms with E-state index in [1.807, 2.05) is 0 Å². The van der Waals surface area contributed by atoms with E-state index < -0.39 is 27.8 Å². The molecule has 0 spiro atoms. The zero-order valence-corrected chi connectivity index (χ0v) is 24.5. The minimum absolute atomic E-state index is 0.0177. The Morgan fingerprint density at radius 1 is 0.977 bits per heavy atom. The molecule has 0 radical (unpaired) electrons. The summed E-state index contributed by atoms with van der Waals surface area (Å²) in [4.78, 5) is 7.77. The van der Waals surface area contributed by atoms with Crippen LogP contribution in [0.15, 0.2) is 66.0 Å². The predicted molar refractivity (Wildman–Crippen MR) is 155 cm³/mol. The van der Waals surface area contributed by atoms with Crippen molar-refractivity contribution in [1.29, 1.82) is 0 Å². The van der Waals surface area contributed by atoms with Gasteiger partial charge in [-0.2, -0.15) is 5.10 Å². The Morgan fingerprint density at radius 2 is 1.65 bits per heavy atom. The number of methoxy groups -OCH3 is 2. The Morgan fingerprint density at radius 3 is 2.26 bits per heavy atom. The Bertz CT molecular complexity index is 1930. The lowest BCUT2D eigenvalue weighted by Gasteiger charge is -2.38. The minimum atomic E-state index is -4.21. The zero-order valence-electron chi connectivity index (χ0n) is 23.7.